The Morgan fingerprint density at radius 3 is 2.52 bits per heavy atom. The highest BCUT2D eigenvalue weighted by Crippen LogP contribution is 2.23. The van der Waals surface area contributed by atoms with Gasteiger partial charge in [-0.2, -0.15) is 0 Å². The molecule has 1 rings (SSSR count). The van der Waals surface area contributed by atoms with Gasteiger partial charge in [-0.1, -0.05) is 18.8 Å². The molecule has 1 fully saturated rings. The fourth-order valence-corrected chi connectivity index (χ4v) is 3.11. The smallest absolute Gasteiger partial charge is 0.410 e. The van der Waals surface area contributed by atoms with Gasteiger partial charge in [0.05, 0.1) is 5.54 Å². The van der Waals surface area contributed by atoms with E-state index in [1.807, 2.05) is 39.5 Å². The van der Waals surface area contributed by atoms with Crippen molar-refractivity contribution in [2.24, 2.45) is 0 Å². The summed E-state index contributed by atoms with van der Waals surface area (Å²) >= 11 is 0. The minimum Gasteiger partial charge on any atom is -0.444 e. The summed E-state index contributed by atoms with van der Waals surface area (Å²) in [6.45, 7) is 12.7. The average molecular weight is 322 g/mol. The molecule has 23 heavy (non-hydrogen) atoms. The summed E-state index contributed by atoms with van der Waals surface area (Å²) < 4.78 is 5.60. The highest BCUT2D eigenvalue weighted by molar-refractivity contribution is 5.68. The largest absolute Gasteiger partial charge is 0.444 e. The molecule has 1 N–H and O–H groups in total. The number of carbonyl (C=O) groups excluding carboxylic acids is 1. The van der Waals surface area contributed by atoms with Gasteiger partial charge in [0.2, 0.25) is 0 Å². The van der Waals surface area contributed by atoms with Crippen LogP contribution in [0.3, 0.4) is 0 Å². The lowest BCUT2D eigenvalue weighted by Crippen LogP contribution is -2.49. The second-order valence-electron chi connectivity index (χ2n) is 8.23. The minimum absolute atomic E-state index is 0.187. The first-order chi connectivity index (χ1) is 10.5. The van der Waals surface area contributed by atoms with E-state index in [2.05, 4.69) is 18.2 Å². The minimum atomic E-state index is -0.455. The van der Waals surface area contributed by atoms with Crippen LogP contribution in [0.4, 0.5) is 4.79 Å². The van der Waals surface area contributed by atoms with Gasteiger partial charge in [0.1, 0.15) is 5.60 Å². The molecule has 0 radical (unpaired) electrons. The number of ether oxygens (including phenoxy) is 1. The number of nitrogens with zero attached hydrogens (tertiary/aromatic N) is 1. The molecule has 0 saturated carbocycles. The van der Waals surface area contributed by atoms with E-state index in [0.29, 0.717) is 0 Å². The van der Waals surface area contributed by atoms with Crippen LogP contribution in [0.25, 0.3) is 0 Å². The van der Waals surface area contributed by atoms with Crippen LogP contribution in [0.15, 0.2) is 0 Å². The number of amides is 1. The summed E-state index contributed by atoms with van der Waals surface area (Å²) in [4.78, 5) is 14.5. The van der Waals surface area contributed by atoms with E-state index in [9.17, 15) is 4.79 Å². The van der Waals surface area contributed by atoms with Gasteiger partial charge in [-0.15, -0.1) is 6.42 Å². The van der Waals surface area contributed by atoms with E-state index in [-0.39, 0.29) is 23.7 Å². The van der Waals surface area contributed by atoms with E-state index in [4.69, 9.17) is 11.2 Å². The number of rotatable bonds is 4. The summed E-state index contributed by atoms with van der Waals surface area (Å²) in [7, 11) is 0. The fraction of sp³-hybridized carbons (Fsp3) is 0.842. The number of terminal acetylenes is 1. The lowest BCUT2D eigenvalue weighted by molar-refractivity contribution is 0.0149. The van der Waals surface area contributed by atoms with Crippen molar-refractivity contribution >= 4 is 6.09 Å². The van der Waals surface area contributed by atoms with E-state index >= 15 is 0 Å². The molecule has 0 aromatic carbocycles. The van der Waals surface area contributed by atoms with Crippen LogP contribution in [0, 0.1) is 12.3 Å². The summed E-state index contributed by atoms with van der Waals surface area (Å²) in [6, 6.07) is 0.456. The molecule has 1 aliphatic rings. The Hall–Kier alpha value is -1.21. The SMILES string of the molecule is C#CC(C)(C)NC(C)CC1CCCCCN1C(=O)OC(C)(C)C. The molecular formula is C19H34N2O2. The van der Waals surface area contributed by atoms with E-state index in [0.717, 1.165) is 32.2 Å². The van der Waals surface area contributed by atoms with Gasteiger partial charge in [0.15, 0.2) is 0 Å². The van der Waals surface area contributed by atoms with Gasteiger partial charge in [0, 0.05) is 18.6 Å². The molecule has 1 aliphatic heterocycles. The molecule has 4 nitrogen and oxygen atoms in total. The maximum atomic E-state index is 12.6. The number of likely N-dealkylation sites (tertiary alicyclic amines) is 1. The van der Waals surface area contributed by atoms with Crippen molar-refractivity contribution in [3.63, 3.8) is 0 Å². The second-order valence-corrected chi connectivity index (χ2v) is 8.23. The Bertz CT molecular complexity index is 432. The second kappa shape index (κ2) is 8.06. The Kier molecular flexibility index (Phi) is 6.95. The molecule has 1 saturated heterocycles. The Balaban J connectivity index is 2.74. The van der Waals surface area contributed by atoms with Crippen LogP contribution in [0.5, 0.6) is 0 Å². The van der Waals surface area contributed by atoms with Crippen molar-refractivity contribution in [1.82, 2.24) is 10.2 Å². The molecule has 4 heteroatoms. The monoisotopic (exact) mass is 322 g/mol. The molecule has 2 atom stereocenters. The Morgan fingerprint density at radius 1 is 1.30 bits per heavy atom. The highest BCUT2D eigenvalue weighted by atomic mass is 16.6. The standard InChI is InChI=1S/C19H34N2O2/c1-8-19(6,7)20-15(2)14-16-12-10-9-11-13-21(16)17(22)23-18(3,4)5/h1,15-16,20H,9-14H2,2-7H3. The predicted molar refractivity (Wildman–Crippen MR) is 95.3 cm³/mol. The zero-order valence-electron chi connectivity index (χ0n) is 15.7. The van der Waals surface area contributed by atoms with Crippen molar-refractivity contribution in [3.05, 3.63) is 0 Å². The van der Waals surface area contributed by atoms with Gasteiger partial charge >= 0.3 is 6.09 Å². The van der Waals surface area contributed by atoms with Crippen LogP contribution in [-0.2, 0) is 4.74 Å². The van der Waals surface area contributed by atoms with Gasteiger partial charge < -0.3 is 9.64 Å². The Morgan fingerprint density at radius 2 is 1.96 bits per heavy atom. The molecular weight excluding hydrogens is 288 g/mol. The van der Waals surface area contributed by atoms with Crippen molar-refractivity contribution in [2.75, 3.05) is 6.54 Å². The Labute approximate surface area is 142 Å². The van der Waals surface area contributed by atoms with E-state index in [1.54, 1.807) is 0 Å². The average Bonchev–Trinajstić information content (AvgIpc) is 2.61. The molecule has 0 spiro atoms. The number of hydrogen-bond donors (Lipinski definition) is 1. The maximum absolute atomic E-state index is 12.6. The molecule has 1 amide bonds. The number of carbonyl (C=O) groups is 1. The first kappa shape index (κ1) is 19.8. The molecule has 0 bridgehead atoms. The quantitative estimate of drug-likeness (QED) is 0.797. The normalized spacial score (nSPS) is 21.3. The third-order valence-corrected chi connectivity index (χ3v) is 4.10. The van der Waals surface area contributed by atoms with Crippen LogP contribution in [-0.4, -0.2) is 40.8 Å². The van der Waals surface area contributed by atoms with Crippen molar-refractivity contribution in [3.8, 4) is 12.3 Å². The van der Waals surface area contributed by atoms with Gasteiger partial charge in [-0.25, -0.2) is 4.79 Å². The summed E-state index contributed by atoms with van der Waals surface area (Å²) in [5.41, 5.74) is -0.788. The summed E-state index contributed by atoms with van der Waals surface area (Å²) in [6.07, 6.45) is 10.7. The molecule has 2 unspecified atom stereocenters. The van der Waals surface area contributed by atoms with Crippen LogP contribution >= 0.6 is 0 Å². The molecule has 0 aromatic heterocycles. The number of hydrogen-bond acceptors (Lipinski definition) is 3. The van der Waals surface area contributed by atoms with Crippen molar-refractivity contribution in [2.45, 2.75) is 96.9 Å². The zero-order chi connectivity index (χ0) is 17.7. The van der Waals surface area contributed by atoms with Gasteiger partial charge in [0.25, 0.3) is 0 Å². The van der Waals surface area contributed by atoms with Crippen LogP contribution in [0.2, 0.25) is 0 Å². The maximum Gasteiger partial charge on any atom is 0.410 e. The molecule has 1 heterocycles. The highest BCUT2D eigenvalue weighted by Gasteiger charge is 2.31. The fourth-order valence-electron chi connectivity index (χ4n) is 3.11. The van der Waals surface area contributed by atoms with Crippen molar-refractivity contribution < 1.29 is 9.53 Å². The first-order valence-corrected chi connectivity index (χ1v) is 8.79. The lowest BCUT2D eigenvalue weighted by Gasteiger charge is -2.35. The zero-order valence-corrected chi connectivity index (χ0v) is 15.7. The van der Waals surface area contributed by atoms with Crippen molar-refractivity contribution in [1.29, 1.82) is 0 Å². The van der Waals surface area contributed by atoms with Gasteiger partial charge in [-0.3, -0.25) is 5.32 Å². The predicted octanol–water partition coefficient (Wildman–Crippen LogP) is 3.95. The lowest BCUT2D eigenvalue weighted by atomic mass is 9.99. The van der Waals surface area contributed by atoms with Crippen LogP contribution in [0.1, 0.15) is 73.6 Å². The molecule has 0 aromatic rings. The first-order valence-electron chi connectivity index (χ1n) is 8.79. The summed E-state index contributed by atoms with van der Waals surface area (Å²) in [5.74, 6) is 2.77. The third-order valence-electron chi connectivity index (χ3n) is 4.10. The van der Waals surface area contributed by atoms with Gasteiger partial charge in [-0.05, 0) is 60.8 Å². The number of nitrogens with one attached hydrogen (secondary N) is 1. The molecule has 0 aliphatic carbocycles. The topological polar surface area (TPSA) is 41.6 Å². The summed E-state index contributed by atoms with van der Waals surface area (Å²) in [5, 5.41) is 3.47. The van der Waals surface area contributed by atoms with E-state index in [1.165, 1.54) is 6.42 Å². The van der Waals surface area contributed by atoms with Crippen LogP contribution < -0.4 is 5.32 Å². The van der Waals surface area contributed by atoms with E-state index < -0.39 is 5.60 Å². The molecule has 132 valence electrons. The third kappa shape index (κ3) is 7.26.